The molecule has 0 bridgehead atoms. The minimum absolute atomic E-state index is 0. The van der Waals surface area contributed by atoms with E-state index in [1.165, 1.54) is 44.7 Å². The third kappa shape index (κ3) is 6.80. The molecule has 1 aromatic rings. The molecule has 152 valence electrons. The number of halogens is 3. The maximum absolute atomic E-state index is 11.0. The summed E-state index contributed by atoms with van der Waals surface area (Å²) in [7, 11) is 0. The molecule has 1 atom stereocenters. The van der Waals surface area contributed by atoms with Crippen LogP contribution in [0.4, 0.5) is 5.82 Å². The smallest absolute Gasteiger partial charge is 0.267 e. The second kappa shape index (κ2) is 11.7. The fraction of sp³-hybridized carbons (Fsp3) is 0.556. The highest BCUT2D eigenvalue weighted by atomic mass is 35.5. The fourth-order valence-corrected chi connectivity index (χ4v) is 4.01. The number of hydroxylamine groups is 1. The standard InChI is InChI=1S/C18H25ClN4O2.2ClH/c19-16-10-13(7-8-17(24)22-25)11-20-18(16)21-14-4-3-9-23(12-14)15-5-1-2-6-15;;/h7-8,10-11,14-15,25H,1-6,9,12H2,(H,20,21)(H,22,24);2*1H/b8-7+;;/t14-;;/m1../s1. The number of carbonyl (C=O) groups excluding carboxylic acids is 1. The van der Waals surface area contributed by atoms with Gasteiger partial charge in [-0.3, -0.25) is 14.9 Å². The summed E-state index contributed by atoms with van der Waals surface area (Å²) in [5.74, 6) is 0.0937. The van der Waals surface area contributed by atoms with Gasteiger partial charge in [0.15, 0.2) is 0 Å². The van der Waals surface area contributed by atoms with Crippen molar-refractivity contribution in [1.82, 2.24) is 15.4 Å². The lowest BCUT2D eigenvalue weighted by Gasteiger charge is -2.37. The summed E-state index contributed by atoms with van der Waals surface area (Å²) in [6.45, 7) is 2.24. The second-order valence-electron chi connectivity index (χ2n) is 6.83. The van der Waals surface area contributed by atoms with Crippen LogP contribution in [-0.4, -0.2) is 46.2 Å². The van der Waals surface area contributed by atoms with Gasteiger partial charge in [-0.1, -0.05) is 24.4 Å². The first kappa shape index (κ1) is 24.0. The van der Waals surface area contributed by atoms with Crippen LogP contribution < -0.4 is 10.8 Å². The summed E-state index contributed by atoms with van der Waals surface area (Å²) in [6, 6.07) is 2.87. The molecule has 1 aliphatic carbocycles. The van der Waals surface area contributed by atoms with Crippen molar-refractivity contribution in [3.8, 4) is 0 Å². The minimum Gasteiger partial charge on any atom is -0.365 e. The average Bonchev–Trinajstić information content (AvgIpc) is 3.17. The molecule has 1 amide bonds. The molecular weight excluding hydrogens is 411 g/mol. The summed E-state index contributed by atoms with van der Waals surface area (Å²) in [4.78, 5) is 18.0. The average molecular weight is 438 g/mol. The van der Waals surface area contributed by atoms with E-state index in [-0.39, 0.29) is 24.8 Å². The van der Waals surface area contributed by atoms with E-state index in [0.717, 1.165) is 19.0 Å². The minimum atomic E-state index is -0.590. The molecule has 2 fully saturated rings. The maximum atomic E-state index is 11.0. The van der Waals surface area contributed by atoms with Gasteiger partial charge in [0.05, 0.1) is 5.02 Å². The number of nitrogens with one attached hydrogen (secondary N) is 2. The molecular formula is C18H27Cl3N4O2. The Morgan fingerprint density at radius 2 is 2.00 bits per heavy atom. The van der Waals surface area contributed by atoms with Gasteiger partial charge in [-0.05, 0) is 49.9 Å². The number of carbonyl (C=O) groups is 1. The van der Waals surface area contributed by atoms with Gasteiger partial charge in [-0.2, -0.15) is 0 Å². The summed E-state index contributed by atoms with van der Waals surface area (Å²) >= 11 is 6.34. The van der Waals surface area contributed by atoms with Gasteiger partial charge in [0.2, 0.25) is 0 Å². The van der Waals surface area contributed by atoms with Gasteiger partial charge in [0.1, 0.15) is 5.82 Å². The molecule has 1 aromatic heterocycles. The van der Waals surface area contributed by atoms with E-state index < -0.39 is 5.91 Å². The largest absolute Gasteiger partial charge is 0.365 e. The number of likely N-dealkylation sites (tertiary alicyclic amines) is 1. The number of nitrogens with zero attached hydrogens (tertiary/aromatic N) is 2. The highest BCUT2D eigenvalue weighted by molar-refractivity contribution is 6.33. The van der Waals surface area contributed by atoms with Crippen LogP contribution >= 0.6 is 36.4 Å². The van der Waals surface area contributed by atoms with E-state index >= 15 is 0 Å². The van der Waals surface area contributed by atoms with Crippen molar-refractivity contribution in [2.45, 2.75) is 50.6 Å². The molecule has 9 heteroatoms. The molecule has 3 rings (SSSR count). The molecule has 27 heavy (non-hydrogen) atoms. The zero-order valence-electron chi connectivity index (χ0n) is 15.1. The Bertz CT molecular complexity index is 639. The summed E-state index contributed by atoms with van der Waals surface area (Å²) in [6.07, 6.45) is 12.1. The Labute approximate surface area is 177 Å². The van der Waals surface area contributed by atoms with Gasteiger partial charge < -0.3 is 5.32 Å². The lowest BCUT2D eigenvalue weighted by atomic mass is 10.0. The summed E-state index contributed by atoms with van der Waals surface area (Å²) < 4.78 is 0. The van der Waals surface area contributed by atoms with Crippen LogP contribution in [0.25, 0.3) is 6.08 Å². The summed E-state index contributed by atoms with van der Waals surface area (Å²) in [5, 5.41) is 12.5. The molecule has 1 saturated heterocycles. The van der Waals surface area contributed by atoms with Crippen molar-refractivity contribution in [1.29, 1.82) is 0 Å². The summed E-state index contributed by atoms with van der Waals surface area (Å²) in [5.41, 5.74) is 2.25. The van der Waals surface area contributed by atoms with E-state index in [2.05, 4.69) is 15.2 Å². The first-order valence-electron chi connectivity index (χ1n) is 8.94. The van der Waals surface area contributed by atoms with E-state index in [1.54, 1.807) is 23.8 Å². The molecule has 2 heterocycles. The number of anilines is 1. The molecule has 3 N–H and O–H groups in total. The number of pyridine rings is 1. The van der Waals surface area contributed by atoms with Crippen LogP contribution in [0.5, 0.6) is 0 Å². The molecule has 0 aromatic carbocycles. The van der Waals surface area contributed by atoms with Gasteiger partial charge >= 0.3 is 0 Å². The lowest BCUT2D eigenvalue weighted by molar-refractivity contribution is -0.124. The topological polar surface area (TPSA) is 77.5 Å². The van der Waals surface area contributed by atoms with Crippen molar-refractivity contribution < 1.29 is 10.0 Å². The zero-order chi connectivity index (χ0) is 17.6. The highest BCUT2D eigenvalue weighted by Gasteiger charge is 2.28. The van der Waals surface area contributed by atoms with Crippen LogP contribution in [0.1, 0.15) is 44.1 Å². The Morgan fingerprint density at radius 1 is 1.26 bits per heavy atom. The molecule has 0 spiro atoms. The maximum Gasteiger partial charge on any atom is 0.267 e. The van der Waals surface area contributed by atoms with Crippen molar-refractivity contribution >= 4 is 54.2 Å². The van der Waals surface area contributed by atoms with Crippen LogP contribution in [-0.2, 0) is 4.79 Å². The Hall–Kier alpha value is -1.05. The molecule has 0 unspecified atom stereocenters. The number of hydrogen-bond donors (Lipinski definition) is 3. The molecule has 1 aliphatic heterocycles. The van der Waals surface area contributed by atoms with Crippen molar-refractivity contribution in [3.63, 3.8) is 0 Å². The first-order valence-corrected chi connectivity index (χ1v) is 9.32. The first-order chi connectivity index (χ1) is 12.2. The van der Waals surface area contributed by atoms with Crippen molar-refractivity contribution in [3.05, 3.63) is 28.9 Å². The quantitative estimate of drug-likeness (QED) is 0.370. The fourth-order valence-electron chi connectivity index (χ4n) is 3.78. The van der Waals surface area contributed by atoms with Gasteiger partial charge in [0, 0.05) is 30.9 Å². The predicted molar refractivity (Wildman–Crippen MR) is 113 cm³/mol. The molecule has 1 saturated carbocycles. The number of piperidine rings is 1. The molecule has 0 radical (unpaired) electrons. The van der Waals surface area contributed by atoms with E-state index in [1.807, 2.05) is 0 Å². The Morgan fingerprint density at radius 3 is 2.67 bits per heavy atom. The highest BCUT2D eigenvalue weighted by Crippen LogP contribution is 2.28. The van der Waals surface area contributed by atoms with Gasteiger partial charge in [-0.15, -0.1) is 24.8 Å². The molecule has 2 aliphatic rings. The van der Waals surface area contributed by atoms with Crippen LogP contribution in [0.15, 0.2) is 18.3 Å². The lowest BCUT2D eigenvalue weighted by Crippen LogP contribution is -2.46. The molecule has 6 nitrogen and oxygen atoms in total. The van der Waals surface area contributed by atoms with Crippen molar-refractivity contribution in [2.75, 3.05) is 18.4 Å². The van der Waals surface area contributed by atoms with Gasteiger partial charge in [0.25, 0.3) is 5.91 Å². The van der Waals surface area contributed by atoms with Crippen molar-refractivity contribution in [2.24, 2.45) is 0 Å². The van der Waals surface area contributed by atoms with Crippen LogP contribution in [0.3, 0.4) is 0 Å². The predicted octanol–water partition coefficient (Wildman–Crippen LogP) is 3.92. The second-order valence-corrected chi connectivity index (χ2v) is 7.23. The Balaban J connectivity index is 0.00000182. The SMILES string of the molecule is Cl.Cl.O=C(/C=C/c1cnc(N[C@@H]2CCCN(C3CCCC3)C2)c(Cl)c1)NO. The van der Waals surface area contributed by atoms with E-state index in [4.69, 9.17) is 16.8 Å². The normalized spacial score (nSPS) is 20.7. The number of aromatic nitrogens is 1. The third-order valence-corrected chi connectivity index (χ3v) is 5.32. The Kier molecular flexibility index (Phi) is 10.4. The number of rotatable bonds is 5. The monoisotopic (exact) mass is 436 g/mol. The van der Waals surface area contributed by atoms with E-state index in [0.29, 0.717) is 22.4 Å². The third-order valence-electron chi connectivity index (χ3n) is 5.03. The number of amides is 1. The van der Waals surface area contributed by atoms with E-state index in [9.17, 15) is 4.79 Å². The van der Waals surface area contributed by atoms with Crippen LogP contribution in [0, 0.1) is 0 Å². The van der Waals surface area contributed by atoms with Gasteiger partial charge in [-0.25, -0.2) is 10.5 Å². The number of hydrogen-bond acceptors (Lipinski definition) is 5. The zero-order valence-corrected chi connectivity index (χ0v) is 17.5. The van der Waals surface area contributed by atoms with Crippen LogP contribution in [0.2, 0.25) is 5.02 Å².